The third-order valence-electron chi connectivity index (χ3n) is 4.12. The molecule has 24 heavy (non-hydrogen) atoms. The summed E-state index contributed by atoms with van der Waals surface area (Å²) in [6.45, 7) is 1.62. The molecule has 0 atom stereocenters. The lowest BCUT2D eigenvalue weighted by molar-refractivity contribution is -0.116. The first-order chi connectivity index (χ1) is 11.6. The van der Waals surface area contributed by atoms with Crippen LogP contribution in [0.2, 0.25) is 0 Å². The normalized spacial score (nSPS) is 10.5. The minimum absolute atomic E-state index is 0.182. The first-order valence-electron chi connectivity index (χ1n) is 8.10. The Balaban J connectivity index is 2.06. The number of phenolic OH excluding ortho intramolecular Hbond substituents is 1. The Morgan fingerprint density at radius 1 is 0.833 bits per heavy atom. The van der Waals surface area contributed by atoms with Crippen molar-refractivity contribution in [3.05, 3.63) is 78.4 Å². The second-order valence-electron chi connectivity index (χ2n) is 5.99. The lowest BCUT2D eigenvalue weighted by Gasteiger charge is -2.12. The van der Waals surface area contributed by atoms with Gasteiger partial charge in [0.15, 0.2) is 0 Å². The number of phenols is 1. The zero-order chi connectivity index (χ0) is 16.9. The van der Waals surface area contributed by atoms with Gasteiger partial charge in [-0.05, 0) is 53.3 Å². The number of aromatic hydroxyl groups is 1. The SMILES string of the molecule is CC(=O)CCc1cc(-c2ccccc2)ccc1-c1cccc(O)c1. The Bertz CT molecular complexity index is 851. The van der Waals surface area contributed by atoms with E-state index in [1.807, 2.05) is 30.3 Å². The molecule has 2 nitrogen and oxygen atoms in total. The predicted octanol–water partition coefficient (Wildman–Crippen LogP) is 5.25. The van der Waals surface area contributed by atoms with Crippen LogP contribution in [-0.2, 0) is 11.2 Å². The average molecular weight is 316 g/mol. The van der Waals surface area contributed by atoms with Crippen molar-refractivity contribution in [1.29, 1.82) is 0 Å². The summed E-state index contributed by atoms with van der Waals surface area (Å²) in [6.07, 6.45) is 1.21. The highest BCUT2D eigenvalue weighted by Gasteiger charge is 2.09. The Morgan fingerprint density at radius 3 is 2.29 bits per heavy atom. The molecule has 3 rings (SSSR count). The van der Waals surface area contributed by atoms with E-state index in [0.717, 1.165) is 27.8 Å². The summed E-state index contributed by atoms with van der Waals surface area (Å²) in [5, 5.41) is 9.76. The number of hydrogen-bond donors (Lipinski definition) is 1. The average Bonchev–Trinajstić information content (AvgIpc) is 2.60. The van der Waals surface area contributed by atoms with Gasteiger partial charge in [0.05, 0.1) is 0 Å². The fourth-order valence-corrected chi connectivity index (χ4v) is 2.88. The van der Waals surface area contributed by atoms with Gasteiger partial charge in [-0.1, -0.05) is 60.7 Å². The highest BCUT2D eigenvalue weighted by atomic mass is 16.3. The molecule has 0 aliphatic rings. The summed E-state index contributed by atoms with van der Waals surface area (Å²) in [5.74, 6) is 0.430. The van der Waals surface area contributed by atoms with Crippen molar-refractivity contribution in [3.8, 4) is 28.0 Å². The van der Waals surface area contributed by atoms with Crippen LogP contribution in [0.1, 0.15) is 18.9 Å². The molecule has 120 valence electrons. The van der Waals surface area contributed by atoms with E-state index in [2.05, 4.69) is 30.3 Å². The van der Waals surface area contributed by atoms with Gasteiger partial charge in [-0.2, -0.15) is 0 Å². The molecular formula is C22H20O2. The molecule has 3 aromatic rings. The molecule has 1 N–H and O–H groups in total. The highest BCUT2D eigenvalue weighted by molar-refractivity contribution is 5.78. The highest BCUT2D eigenvalue weighted by Crippen LogP contribution is 2.31. The van der Waals surface area contributed by atoms with Gasteiger partial charge in [-0.15, -0.1) is 0 Å². The second kappa shape index (κ2) is 7.14. The maximum absolute atomic E-state index is 11.4. The summed E-state index contributed by atoms with van der Waals surface area (Å²) >= 11 is 0. The zero-order valence-corrected chi connectivity index (χ0v) is 13.7. The van der Waals surface area contributed by atoms with E-state index in [1.54, 1.807) is 19.1 Å². The van der Waals surface area contributed by atoms with Crippen molar-refractivity contribution < 1.29 is 9.90 Å². The molecule has 3 aromatic carbocycles. The topological polar surface area (TPSA) is 37.3 Å². The molecule has 0 saturated carbocycles. The van der Waals surface area contributed by atoms with Crippen LogP contribution in [0.3, 0.4) is 0 Å². The first kappa shape index (κ1) is 16.0. The molecule has 0 unspecified atom stereocenters. The predicted molar refractivity (Wildman–Crippen MR) is 98.0 cm³/mol. The van der Waals surface area contributed by atoms with Gasteiger partial charge in [0, 0.05) is 6.42 Å². The van der Waals surface area contributed by atoms with Crippen LogP contribution >= 0.6 is 0 Å². The summed E-state index contributed by atoms with van der Waals surface area (Å²) in [5.41, 5.74) is 5.44. The van der Waals surface area contributed by atoms with Gasteiger partial charge in [-0.3, -0.25) is 0 Å². The second-order valence-corrected chi connectivity index (χ2v) is 5.99. The van der Waals surface area contributed by atoms with Crippen LogP contribution in [0.5, 0.6) is 5.75 Å². The summed E-state index contributed by atoms with van der Waals surface area (Å²) in [6, 6.07) is 23.8. The van der Waals surface area contributed by atoms with Crippen LogP contribution in [-0.4, -0.2) is 10.9 Å². The van der Waals surface area contributed by atoms with Gasteiger partial charge < -0.3 is 9.90 Å². The van der Waals surface area contributed by atoms with E-state index in [0.29, 0.717) is 12.8 Å². The van der Waals surface area contributed by atoms with E-state index in [9.17, 15) is 9.90 Å². The minimum atomic E-state index is 0.182. The standard InChI is InChI=1S/C22H20O2/c1-16(23)10-11-20-14-18(17-6-3-2-4-7-17)12-13-22(20)19-8-5-9-21(24)15-19/h2-9,12-15,24H,10-11H2,1H3. The molecule has 0 fully saturated rings. The van der Waals surface area contributed by atoms with Crippen molar-refractivity contribution in [3.63, 3.8) is 0 Å². The summed E-state index contributed by atoms with van der Waals surface area (Å²) in [7, 11) is 0. The number of benzene rings is 3. The number of carbonyl (C=O) groups is 1. The molecular weight excluding hydrogens is 296 g/mol. The van der Waals surface area contributed by atoms with E-state index in [-0.39, 0.29) is 11.5 Å². The molecule has 0 aromatic heterocycles. The number of aryl methyl sites for hydroxylation is 1. The van der Waals surface area contributed by atoms with Crippen LogP contribution in [0.4, 0.5) is 0 Å². The maximum Gasteiger partial charge on any atom is 0.130 e. The largest absolute Gasteiger partial charge is 0.508 e. The van der Waals surface area contributed by atoms with Crippen molar-refractivity contribution in [2.24, 2.45) is 0 Å². The summed E-state index contributed by atoms with van der Waals surface area (Å²) in [4.78, 5) is 11.4. The smallest absolute Gasteiger partial charge is 0.130 e. The van der Waals surface area contributed by atoms with Gasteiger partial charge in [0.1, 0.15) is 11.5 Å². The Kier molecular flexibility index (Phi) is 4.76. The van der Waals surface area contributed by atoms with Crippen LogP contribution < -0.4 is 0 Å². The van der Waals surface area contributed by atoms with Crippen molar-refractivity contribution in [1.82, 2.24) is 0 Å². The van der Waals surface area contributed by atoms with E-state index < -0.39 is 0 Å². The van der Waals surface area contributed by atoms with Crippen LogP contribution in [0, 0.1) is 0 Å². The molecule has 0 aliphatic heterocycles. The van der Waals surface area contributed by atoms with E-state index in [1.165, 1.54) is 0 Å². The Hall–Kier alpha value is -2.87. The van der Waals surface area contributed by atoms with E-state index in [4.69, 9.17) is 0 Å². The van der Waals surface area contributed by atoms with Gasteiger partial charge in [0.2, 0.25) is 0 Å². The van der Waals surface area contributed by atoms with Gasteiger partial charge in [-0.25, -0.2) is 0 Å². The molecule has 0 saturated heterocycles. The molecule has 2 heteroatoms. The number of rotatable bonds is 5. The fourth-order valence-electron chi connectivity index (χ4n) is 2.88. The number of ketones is 1. The zero-order valence-electron chi connectivity index (χ0n) is 13.7. The van der Waals surface area contributed by atoms with Crippen LogP contribution in [0.15, 0.2) is 72.8 Å². The van der Waals surface area contributed by atoms with Crippen molar-refractivity contribution >= 4 is 5.78 Å². The number of Topliss-reactive ketones (excluding diaryl/α,β-unsaturated/α-hetero) is 1. The molecule has 0 heterocycles. The summed E-state index contributed by atoms with van der Waals surface area (Å²) < 4.78 is 0. The first-order valence-corrected chi connectivity index (χ1v) is 8.10. The number of hydrogen-bond acceptors (Lipinski definition) is 2. The van der Waals surface area contributed by atoms with Gasteiger partial charge in [0.25, 0.3) is 0 Å². The molecule has 0 spiro atoms. The molecule has 0 radical (unpaired) electrons. The quantitative estimate of drug-likeness (QED) is 0.698. The maximum atomic E-state index is 11.4. The fraction of sp³-hybridized carbons (Fsp3) is 0.136. The molecule has 0 amide bonds. The van der Waals surface area contributed by atoms with Crippen molar-refractivity contribution in [2.75, 3.05) is 0 Å². The third-order valence-corrected chi connectivity index (χ3v) is 4.12. The van der Waals surface area contributed by atoms with Crippen molar-refractivity contribution in [2.45, 2.75) is 19.8 Å². The lowest BCUT2D eigenvalue weighted by atomic mass is 9.92. The molecule has 0 bridgehead atoms. The lowest BCUT2D eigenvalue weighted by Crippen LogP contribution is -1.97. The Morgan fingerprint density at radius 2 is 1.58 bits per heavy atom. The number of carbonyl (C=O) groups excluding carboxylic acids is 1. The monoisotopic (exact) mass is 316 g/mol. The molecule has 0 aliphatic carbocycles. The minimum Gasteiger partial charge on any atom is -0.508 e. The van der Waals surface area contributed by atoms with Gasteiger partial charge >= 0.3 is 0 Å². The van der Waals surface area contributed by atoms with E-state index >= 15 is 0 Å². The third kappa shape index (κ3) is 3.72. The van der Waals surface area contributed by atoms with Crippen LogP contribution in [0.25, 0.3) is 22.3 Å². The Labute approximate surface area is 142 Å².